The molecule has 4 aromatic carbocycles. The van der Waals surface area contributed by atoms with Crippen molar-refractivity contribution in [3.05, 3.63) is 143 Å². The molecule has 0 aliphatic carbocycles. The van der Waals surface area contributed by atoms with Crippen molar-refractivity contribution in [3.8, 4) is 11.8 Å². The van der Waals surface area contributed by atoms with E-state index in [9.17, 15) is 28.0 Å². The fourth-order valence-corrected chi connectivity index (χ4v) is 6.50. The Morgan fingerprint density at radius 1 is 1.06 bits per heavy atom. The van der Waals surface area contributed by atoms with Crippen LogP contribution in [0.15, 0.2) is 106 Å². The molecule has 47 heavy (non-hydrogen) atoms. The average Bonchev–Trinajstić information content (AvgIpc) is 3.38. The van der Waals surface area contributed by atoms with Gasteiger partial charge in [-0.2, -0.15) is 18.4 Å². The number of nitrogens with zero attached hydrogens (tertiary/aromatic N) is 3. The third kappa shape index (κ3) is 6.17. The van der Waals surface area contributed by atoms with Gasteiger partial charge >= 0.3 is 12.1 Å². The van der Waals surface area contributed by atoms with E-state index in [1.165, 1.54) is 31.2 Å². The van der Waals surface area contributed by atoms with E-state index in [0.29, 0.717) is 27.5 Å². The normalized spacial score (nSPS) is 14.8. The highest BCUT2D eigenvalue weighted by Gasteiger charge is 2.45. The molecule has 0 N–H and O–H groups in total. The Kier molecular flexibility index (Phi) is 8.73. The van der Waals surface area contributed by atoms with Gasteiger partial charge in [0.05, 0.1) is 34.4 Å². The second-order valence-electron chi connectivity index (χ2n) is 10.4. The zero-order chi connectivity index (χ0) is 33.3. The highest BCUT2D eigenvalue weighted by molar-refractivity contribution is 7.07. The van der Waals surface area contributed by atoms with Crippen LogP contribution in [0.2, 0.25) is 5.02 Å². The van der Waals surface area contributed by atoms with Crippen LogP contribution in [0.1, 0.15) is 35.2 Å². The Hall–Kier alpha value is -5.18. The predicted octanol–water partition coefficient (Wildman–Crippen LogP) is 6.60. The molecule has 0 fully saturated rings. The van der Waals surface area contributed by atoms with Gasteiger partial charge in [-0.15, -0.1) is 0 Å². The van der Waals surface area contributed by atoms with Crippen molar-refractivity contribution in [2.45, 2.75) is 25.7 Å². The fourth-order valence-electron chi connectivity index (χ4n) is 5.39. The number of rotatable bonds is 7. The average molecular weight is 674 g/mol. The Morgan fingerprint density at radius 3 is 2.51 bits per heavy atom. The molecule has 236 valence electrons. The lowest BCUT2D eigenvalue weighted by atomic mass is 9.95. The minimum Gasteiger partial charge on any atom is -0.488 e. The molecule has 6 rings (SSSR count). The maximum Gasteiger partial charge on any atom is 0.434 e. The quantitative estimate of drug-likeness (QED) is 0.182. The number of allylic oxidation sites excluding steroid dienone is 1. The largest absolute Gasteiger partial charge is 0.488 e. The van der Waals surface area contributed by atoms with Gasteiger partial charge in [-0.05, 0) is 53.6 Å². The number of ether oxygens (including phenoxy) is 2. The van der Waals surface area contributed by atoms with Gasteiger partial charge in [0, 0.05) is 16.1 Å². The maximum absolute atomic E-state index is 14.5. The molecule has 2 heterocycles. The Bertz CT molecular complexity index is 2290. The molecule has 1 aliphatic heterocycles. The summed E-state index contributed by atoms with van der Waals surface area (Å²) in [5, 5.41) is 11.4. The van der Waals surface area contributed by atoms with Gasteiger partial charge < -0.3 is 9.47 Å². The predicted molar refractivity (Wildman–Crippen MR) is 172 cm³/mol. The van der Waals surface area contributed by atoms with E-state index in [1.54, 1.807) is 36.4 Å². The Balaban J connectivity index is 1.58. The van der Waals surface area contributed by atoms with E-state index in [-0.39, 0.29) is 28.1 Å². The van der Waals surface area contributed by atoms with Crippen LogP contribution < -0.4 is 19.6 Å². The summed E-state index contributed by atoms with van der Waals surface area (Å²) in [7, 11) is 0. The molecule has 0 bridgehead atoms. The summed E-state index contributed by atoms with van der Waals surface area (Å²) in [4.78, 5) is 30.9. The molecule has 0 saturated carbocycles. The fraction of sp³-hybridized carbons (Fsp3) is 0.143. The third-order valence-corrected chi connectivity index (χ3v) is 8.74. The van der Waals surface area contributed by atoms with E-state index in [0.717, 1.165) is 26.7 Å². The molecule has 0 amide bonds. The summed E-state index contributed by atoms with van der Waals surface area (Å²) < 4.78 is 55.8. The van der Waals surface area contributed by atoms with E-state index in [2.05, 4.69) is 11.1 Å². The molecule has 7 nitrogen and oxygen atoms in total. The van der Waals surface area contributed by atoms with Crippen LogP contribution in [-0.2, 0) is 16.1 Å². The molecule has 0 saturated heterocycles. The van der Waals surface area contributed by atoms with Crippen LogP contribution in [0.25, 0.3) is 16.8 Å². The molecular weight excluding hydrogens is 651 g/mol. The second-order valence-corrected chi connectivity index (χ2v) is 11.8. The van der Waals surface area contributed by atoms with Crippen molar-refractivity contribution >= 4 is 45.8 Å². The SMILES string of the molecule is CCOC(=O)C1=C(C(F)(F)F)N=c2s/c(=C\c3c(OCc4ccccc4C#N)ccc4ccccc34)c(=O)n2[C@H]1c1ccc(Cl)cc1. The molecule has 1 aliphatic rings. The van der Waals surface area contributed by atoms with Gasteiger partial charge in [0.1, 0.15) is 12.4 Å². The maximum atomic E-state index is 14.5. The number of hydrogen-bond donors (Lipinski definition) is 0. The number of thiazole rings is 1. The zero-order valence-electron chi connectivity index (χ0n) is 24.5. The molecule has 0 spiro atoms. The number of esters is 1. The van der Waals surface area contributed by atoms with Gasteiger partial charge in [0.2, 0.25) is 0 Å². The number of nitriles is 1. The number of fused-ring (bicyclic) bond motifs is 2. The monoisotopic (exact) mass is 673 g/mol. The summed E-state index contributed by atoms with van der Waals surface area (Å²) in [5.41, 5.74) is -1.07. The second kappa shape index (κ2) is 12.9. The number of carbonyl (C=O) groups is 1. The lowest BCUT2D eigenvalue weighted by Crippen LogP contribution is -2.41. The first-order valence-electron chi connectivity index (χ1n) is 14.3. The van der Waals surface area contributed by atoms with Crippen molar-refractivity contribution in [2.75, 3.05) is 6.61 Å². The Labute approximate surface area is 274 Å². The van der Waals surface area contributed by atoms with Gasteiger partial charge in [0.15, 0.2) is 10.5 Å². The standard InChI is InChI=1S/C35H23ClF3N3O4S/c1-2-45-33(44)29-30(21-11-14-24(36)15-12-21)42-32(43)28(47-34(42)41-31(29)35(37,38)39)17-26-25-10-6-5-7-20(25)13-16-27(26)46-19-23-9-4-3-8-22(23)18-40/h3-17,30H,2,19H2,1H3/b28-17-/t30-/m0/s1. The van der Waals surface area contributed by atoms with Crippen molar-refractivity contribution in [2.24, 2.45) is 4.99 Å². The zero-order valence-corrected chi connectivity index (χ0v) is 26.1. The first kappa shape index (κ1) is 31.8. The molecule has 1 atom stereocenters. The number of hydrogen-bond acceptors (Lipinski definition) is 7. The van der Waals surface area contributed by atoms with Gasteiger partial charge in [-0.25, -0.2) is 9.79 Å². The van der Waals surface area contributed by atoms with Crippen molar-refractivity contribution in [3.63, 3.8) is 0 Å². The summed E-state index contributed by atoms with van der Waals surface area (Å²) in [5.74, 6) is -0.847. The Morgan fingerprint density at radius 2 is 1.79 bits per heavy atom. The van der Waals surface area contributed by atoms with Gasteiger partial charge in [-0.1, -0.05) is 83.6 Å². The molecule has 12 heteroatoms. The van der Waals surface area contributed by atoms with Crippen molar-refractivity contribution in [1.29, 1.82) is 5.26 Å². The van der Waals surface area contributed by atoms with E-state index in [1.807, 2.05) is 30.3 Å². The van der Waals surface area contributed by atoms with Crippen LogP contribution in [0.4, 0.5) is 13.2 Å². The number of halogens is 4. The number of benzene rings is 4. The van der Waals surface area contributed by atoms with Gasteiger partial charge in [0.25, 0.3) is 5.56 Å². The smallest absolute Gasteiger partial charge is 0.434 e. The third-order valence-electron chi connectivity index (χ3n) is 7.51. The van der Waals surface area contributed by atoms with E-state index >= 15 is 0 Å². The topological polar surface area (TPSA) is 93.7 Å². The van der Waals surface area contributed by atoms with Crippen LogP contribution in [-0.4, -0.2) is 23.3 Å². The van der Waals surface area contributed by atoms with Gasteiger partial charge in [-0.3, -0.25) is 9.36 Å². The molecular formula is C35H23ClF3N3O4S. The van der Waals surface area contributed by atoms with Crippen molar-refractivity contribution in [1.82, 2.24) is 4.57 Å². The van der Waals surface area contributed by atoms with Crippen molar-refractivity contribution < 1.29 is 27.4 Å². The number of alkyl halides is 3. The lowest BCUT2D eigenvalue weighted by molar-refractivity contribution is -0.140. The molecule has 0 radical (unpaired) electrons. The first-order valence-corrected chi connectivity index (χ1v) is 15.5. The number of carbonyl (C=O) groups excluding carboxylic acids is 1. The molecule has 1 aromatic heterocycles. The lowest BCUT2D eigenvalue weighted by Gasteiger charge is -2.26. The number of aromatic nitrogens is 1. The first-order chi connectivity index (χ1) is 22.6. The summed E-state index contributed by atoms with van der Waals surface area (Å²) in [6.07, 6.45) is -3.48. The van der Waals surface area contributed by atoms with E-state index in [4.69, 9.17) is 21.1 Å². The van der Waals surface area contributed by atoms with Crippen LogP contribution in [0, 0.1) is 11.3 Å². The van der Waals surface area contributed by atoms with E-state index < -0.39 is 35.0 Å². The highest BCUT2D eigenvalue weighted by atomic mass is 35.5. The summed E-state index contributed by atoms with van der Waals surface area (Å²) in [6, 6.07) is 24.4. The molecule has 0 unspecified atom stereocenters. The van der Waals surface area contributed by atoms with Crippen LogP contribution in [0.3, 0.4) is 0 Å². The van der Waals surface area contributed by atoms with Crippen LogP contribution in [0.5, 0.6) is 5.75 Å². The minimum absolute atomic E-state index is 0.0541. The summed E-state index contributed by atoms with van der Waals surface area (Å²) >= 11 is 6.83. The highest BCUT2D eigenvalue weighted by Crippen LogP contribution is 2.38. The van der Waals surface area contributed by atoms with Crippen LogP contribution >= 0.6 is 22.9 Å². The summed E-state index contributed by atoms with van der Waals surface area (Å²) in [6.45, 7) is 1.34. The minimum atomic E-state index is -5.03. The molecule has 5 aromatic rings.